The summed E-state index contributed by atoms with van der Waals surface area (Å²) in [5, 5.41) is 12.6. The Morgan fingerprint density at radius 2 is 2.11 bits per heavy atom. The standard InChI is InChI=1S/C12H19N3O3S/c1-13-12-8-9(6-7-14-12)19(17,18)15-10-4-2-3-5-11(10)16/h6-8,10-11,15-16H,2-5H2,1H3,(H,13,14). The molecule has 0 spiro atoms. The predicted molar refractivity (Wildman–Crippen MR) is 72.4 cm³/mol. The Bertz CT molecular complexity index is 533. The number of hydrogen-bond donors (Lipinski definition) is 3. The first-order valence-corrected chi connectivity index (χ1v) is 7.85. The average Bonchev–Trinajstić information content (AvgIpc) is 2.41. The molecule has 2 rings (SSSR count). The van der Waals surface area contributed by atoms with E-state index in [0.29, 0.717) is 18.7 Å². The van der Waals surface area contributed by atoms with Gasteiger partial charge in [-0.05, 0) is 18.9 Å². The zero-order valence-electron chi connectivity index (χ0n) is 10.8. The van der Waals surface area contributed by atoms with Crippen molar-refractivity contribution in [2.24, 2.45) is 0 Å². The van der Waals surface area contributed by atoms with Crippen molar-refractivity contribution in [3.05, 3.63) is 18.3 Å². The van der Waals surface area contributed by atoms with E-state index < -0.39 is 22.2 Å². The average molecular weight is 285 g/mol. The molecule has 1 aliphatic carbocycles. The number of anilines is 1. The van der Waals surface area contributed by atoms with E-state index in [1.54, 1.807) is 7.05 Å². The van der Waals surface area contributed by atoms with E-state index in [1.807, 2.05) is 0 Å². The summed E-state index contributed by atoms with van der Waals surface area (Å²) in [6, 6.07) is 2.51. The number of sulfonamides is 1. The quantitative estimate of drug-likeness (QED) is 0.757. The highest BCUT2D eigenvalue weighted by Crippen LogP contribution is 2.21. The van der Waals surface area contributed by atoms with E-state index in [1.165, 1.54) is 18.3 Å². The van der Waals surface area contributed by atoms with Crippen molar-refractivity contribution in [2.75, 3.05) is 12.4 Å². The lowest BCUT2D eigenvalue weighted by Crippen LogP contribution is -2.44. The van der Waals surface area contributed by atoms with Gasteiger partial charge in [0.05, 0.1) is 11.0 Å². The second kappa shape index (κ2) is 5.85. The Hall–Kier alpha value is -1.18. The van der Waals surface area contributed by atoms with Crippen LogP contribution in [-0.4, -0.2) is 37.7 Å². The third-order valence-electron chi connectivity index (χ3n) is 3.33. The van der Waals surface area contributed by atoms with Gasteiger partial charge in [-0.25, -0.2) is 18.1 Å². The lowest BCUT2D eigenvalue weighted by molar-refractivity contribution is 0.101. The topological polar surface area (TPSA) is 91.3 Å². The molecule has 1 heterocycles. The fraction of sp³-hybridized carbons (Fsp3) is 0.583. The van der Waals surface area contributed by atoms with Crippen molar-refractivity contribution in [2.45, 2.75) is 42.7 Å². The fourth-order valence-electron chi connectivity index (χ4n) is 2.23. The summed E-state index contributed by atoms with van der Waals surface area (Å²) in [6.45, 7) is 0. The molecule has 0 saturated heterocycles. The van der Waals surface area contributed by atoms with Crippen LogP contribution in [0.15, 0.2) is 23.2 Å². The first-order chi connectivity index (χ1) is 9.03. The Balaban J connectivity index is 2.17. The highest BCUT2D eigenvalue weighted by molar-refractivity contribution is 7.89. The predicted octanol–water partition coefficient (Wildman–Crippen LogP) is 0.705. The molecule has 2 unspecified atom stereocenters. The molecule has 1 aromatic rings. The van der Waals surface area contributed by atoms with Crippen LogP contribution in [-0.2, 0) is 10.0 Å². The van der Waals surface area contributed by atoms with E-state index in [2.05, 4.69) is 15.0 Å². The molecule has 1 fully saturated rings. The number of nitrogens with one attached hydrogen (secondary N) is 2. The molecular formula is C12H19N3O3S. The SMILES string of the molecule is CNc1cc(S(=O)(=O)NC2CCCCC2O)ccn1. The van der Waals surface area contributed by atoms with Crippen LogP contribution in [0.4, 0.5) is 5.82 Å². The van der Waals surface area contributed by atoms with E-state index >= 15 is 0 Å². The number of aliphatic hydroxyl groups is 1. The molecule has 19 heavy (non-hydrogen) atoms. The van der Waals surface area contributed by atoms with Gasteiger partial charge in [0, 0.05) is 25.4 Å². The van der Waals surface area contributed by atoms with Crippen LogP contribution in [0.3, 0.4) is 0 Å². The highest BCUT2D eigenvalue weighted by atomic mass is 32.2. The lowest BCUT2D eigenvalue weighted by atomic mass is 9.93. The van der Waals surface area contributed by atoms with Crippen LogP contribution in [0.2, 0.25) is 0 Å². The minimum absolute atomic E-state index is 0.157. The lowest BCUT2D eigenvalue weighted by Gasteiger charge is -2.28. The number of hydrogen-bond acceptors (Lipinski definition) is 5. The van der Waals surface area contributed by atoms with Crippen molar-refractivity contribution >= 4 is 15.8 Å². The Kier molecular flexibility index (Phi) is 4.38. The Morgan fingerprint density at radius 3 is 2.79 bits per heavy atom. The van der Waals surface area contributed by atoms with Crippen molar-refractivity contribution in [3.63, 3.8) is 0 Å². The summed E-state index contributed by atoms with van der Waals surface area (Å²) in [4.78, 5) is 4.14. The second-order valence-electron chi connectivity index (χ2n) is 4.71. The number of pyridine rings is 1. The van der Waals surface area contributed by atoms with Crippen molar-refractivity contribution < 1.29 is 13.5 Å². The number of aromatic nitrogens is 1. The van der Waals surface area contributed by atoms with Gasteiger partial charge in [-0.15, -0.1) is 0 Å². The summed E-state index contributed by atoms with van der Waals surface area (Å²) in [5.41, 5.74) is 0. The Labute approximate surface area is 113 Å². The zero-order chi connectivity index (χ0) is 13.9. The van der Waals surface area contributed by atoms with Gasteiger partial charge in [0.15, 0.2) is 0 Å². The van der Waals surface area contributed by atoms with E-state index in [9.17, 15) is 13.5 Å². The maximum absolute atomic E-state index is 12.2. The molecule has 0 radical (unpaired) electrons. The minimum Gasteiger partial charge on any atom is -0.391 e. The molecule has 3 N–H and O–H groups in total. The van der Waals surface area contributed by atoms with Crippen molar-refractivity contribution in [1.82, 2.24) is 9.71 Å². The molecule has 6 nitrogen and oxygen atoms in total. The summed E-state index contributed by atoms with van der Waals surface area (Å²) < 4.78 is 27.1. The van der Waals surface area contributed by atoms with Gasteiger partial charge in [-0.2, -0.15) is 0 Å². The van der Waals surface area contributed by atoms with E-state index in [4.69, 9.17) is 0 Å². The summed E-state index contributed by atoms with van der Waals surface area (Å²) >= 11 is 0. The van der Waals surface area contributed by atoms with Crippen LogP contribution in [0.1, 0.15) is 25.7 Å². The first kappa shape index (κ1) is 14.2. The molecule has 106 valence electrons. The molecule has 0 aromatic carbocycles. The van der Waals surface area contributed by atoms with Crippen LogP contribution in [0.25, 0.3) is 0 Å². The number of aliphatic hydroxyl groups excluding tert-OH is 1. The van der Waals surface area contributed by atoms with Crippen molar-refractivity contribution in [3.8, 4) is 0 Å². The van der Waals surface area contributed by atoms with Gasteiger partial charge >= 0.3 is 0 Å². The molecule has 1 aromatic heterocycles. The molecule has 7 heteroatoms. The van der Waals surface area contributed by atoms with Gasteiger partial charge in [0.25, 0.3) is 0 Å². The van der Waals surface area contributed by atoms with Crippen LogP contribution in [0.5, 0.6) is 0 Å². The maximum Gasteiger partial charge on any atom is 0.241 e. The van der Waals surface area contributed by atoms with E-state index in [0.717, 1.165) is 12.8 Å². The molecule has 2 atom stereocenters. The first-order valence-electron chi connectivity index (χ1n) is 6.37. The largest absolute Gasteiger partial charge is 0.391 e. The maximum atomic E-state index is 12.2. The fourth-order valence-corrected chi connectivity index (χ4v) is 3.55. The molecule has 1 aliphatic rings. The van der Waals surface area contributed by atoms with Crippen LogP contribution < -0.4 is 10.0 Å². The monoisotopic (exact) mass is 285 g/mol. The van der Waals surface area contributed by atoms with Gasteiger partial charge in [0.2, 0.25) is 10.0 Å². The third kappa shape index (κ3) is 3.43. The van der Waals surface area contributed by atoms with Gasteiger partial charge < -0.3 is 10.4 Å². The van der Waals surface area contributed by atoms with Crippen LogP contribution in [0, 0.1) is 0 Å². The zero-order valence-corrected chi connectivity index (χ0v) is 11.7. The Morgan fingerprint density at radius 1 is 1.37 bits per heavy atom. The smallest absolute Gasteiger partial charge is 0.241 e. The summed E-state index contributed by atoms with van der Waals surface area (Å²) in [6.07, 6.45) is 4.03. The highest BCUT2D eigenvalue weighted by Gasteiger charge is 2.28. The van der Waals surface area contributed by atoms with Crippen LogP contribution >= 0.6 is 0 Å². The van der Waals surface area contributed by atoms with E-state index in [-0.39, 0.29) is 4.90 Å². The molecule has 0 bridgehead atoms. The van der Waals surface area contributed by atoms with Gasteiger partial charge in [-0.1, -0.05) is 12.8 Å². The molecular weight excluding hydrogens is 266 g/mol. The number of nitrogens with zero attached hydrogens (tertiary/aromatic N) is 1. The molecule has 0 aliphatic heterocycles. The molecule has 1 saturated carbocycles. The minimum atomic E-state index is -3.62. The normalized spacial score (nSPS) is 24.1. The van der Waals surface area contributed by atoms with Crippen molar-refractivity contribution in [1.29, 1.82) is 0 Å². The number of rotatable bonds is 4. The third-order valence-corrected chi connectivity index (χ3v) is 4.82. The molecule has 0 amide bonds. The van der Waals surface area contributed by atoms with Gasteiger partial charge in [-0.3, -0.25) is 0 Å². The summed E-state index contributed by atoms with van der Waals surface area (Å²) in [7, 11) is -1.94. The second-order valence-corrected chi connectivity index (χ2v) is 6.42. The summed E-state index contributed by atoms with van der Waals surface area (Å²) in [5.74, 6) is 0.493. The van der Waals surface area contributed by atoms with Gasteiger partial charge in [0.1, 0.15) is 5.82 Å².